The lowest BCUT2D eigenvalue weighted by Gasteiger charge is -2.27. The van der Waals surface area contributed by atoms with Crippen LogP contribution in [0, 0.1) is 11.8 Å². The van der Waals surface area contributed by atoms with E-state index in [1.165, 1.54) is 12.1 Å². The summed E-state index contributed by atoms with van der Waals surface area (Å²) in [4.78, 5) is 48.9. The van der Waals surface area contributed by atoms with Crippen LogP contribution < -0.4 is 16.2 Å². The number of rotatable bonds is 6. The summed E-state index contributed by atoms with van der Waals surface area (Å²) in [7, 11) is 0. The topological polar surface area (TPSA) is 134 Å². The number of hydrazine groups is 1. The van der Waals surface area contributed by atoms with E-state index in [0.29, 0.717) is 5.69 Å². The highest BCUT2D eigenvalue weighted by atomic mass is 16.5. The summed E-state index contributed by atoms with van der Waals surface area (Å²) in [5.41, 5.74) is 5.24. The molecule has 2 aliphatic rings. The Morgan fingerprint density at radius 1 is 1.00 bits per heavy atom. The second-order valence-electron chi connectivity index (χ2n) is 8.20. The molecular weight excluding hydrogens is 426 g/mol. The molecule has 9 nitrogen and oxygen atoms in total. The Kier molecular flexibility index (Phi) is 5.97. The SMILES string of the molecule is CC12C=CC(O1)C(C(=O)O)C2C(=O)NNC(=O)c1ccc(NC(=O)Cc2ccccc2)cc1. The molecule has 4 N–H and O–H groups in total. The summed E-state index contributed by atoms with van der Waals surface area (Å²) >= 11 is 0. The summed E-state index contributed by atoms with van der Waals surface area (Å²) in [5, 5.41) is 12.2. The van der Waals surface area contributed by atoms with Crippen LogP contribution in [-0.2, 0) is 25.5 Å². The van der Waals surface area contributed by atoms with Gasteiger partial charge in [0.05, 0.1) is 24.0 Å². The maximum absolute atomic E-state index is 12.7. The molecule has 4 rings (SSSR count). The summed E-state index contributed by atoms with van der Waals surface area (Å²) in [6, 6.07) is 15.5. The predicted octanol–water partition coefficient (Wildman–Crippen LogP) is 1.67. The molecule has 0 aromatic heterocycles. The number of carboxylic acids is 1. The third kappa shape index (κ3) is 4.63. The predicted molar refractivity (Wildman–Crippen MR) is 118 cm³/mol. The molecule has 1 fully saturated rings. The highest BCUT2D eigenvalue weighted by molar-refractivity contribution is 5.97. The van der Waals surface area contributed by atoms with Gasteiger partial charge in [0.25, 0.3) is 5.91 Å². The van der Waals surface area contributed by atoms with Gasteiger partial charge in [0, 0.05) is 11.3 Å². The van der Waals surface area contributed by atoms with Gasteiger partial charge in [0.15, 0.2) is 0 Å². The Morgan fingerprint density at radius 2 is 1.70 bits per heavy atom. The number of benzene rings is 2. The number of carboxylic acid groups (broad SMARTS) is 1. The minimum Gasteiger partial charge on any atom is -0.481 e. The van der Waals surface area contributed by atoms with Crippen molar-refractivity contribution in [2.45, 2.75) is 25.0 Å². The van der Waals surface area contributed by atoms with Gasteiger partial charge in [-0.25, -0.2) is 0 Å². The van der Waals surface area contributed by atoms with Gasteiger partial charge in [0.2, 0.25) is 11.8 Å². The van der Waals surface area contributed by atoms with Crippen LogP contribution in [0.5, 0.6) is 0 Å². The molecule has 2 aromatic carbocycles. The van der Waals surface area contributed by atoms with Gasteiger partial charge in [-0.3, -0.25) is 30.0 Å². The number of carbonyl (C=O) groups excluding carboxylic acids is 3. The quantitative estimate of drug-likeness (QED) is 0.392. The third-order valence-corrected chi connectivity index (χ3v) is 5.84. The summed E-state index contributed by atoms with van der Waals surface area (Å²) in [6.07, 6.45) is 2.87. The molecule has 0 radical (unpaired) electrons. The Bertz CT molecular complexity index is 1110. The van der Waals surface area contributed by atoms with Crippen molar-refractivity contribution in [3.8, 4) is 0 Å². The molecular formula is C24H23N3O6. The van der Waals surface area contributed by atoms with Crippen LogP contribution in [0.25, 0.3) is 0 Å². The standard InChI is InChI=1S/C24H23N3O6/c1-24-12-11-17(33-24)19(23(31)32)20(24)22(30)27-26-21(29)15-7-9-16(10-8-15)25-18(28)13-14-5-3-2-4-6-14/h2-12,17,19-20H,13H2,1H3,(H,25,28)(H,26,29)(H,27,30)(H,31,32). The van der Waals surface area contributed by atoms with Crippen LogP contribution in [0.2, 0.25) is 0 Å². The minimum absolute atomic E-state index is 0.186. The van der Waals surface area contributed by atoms with Crippen LogP contribution in [0.15, 0.2) is 66.7 Å². The number of hydrogen-bond acceptors (Lipinski definition) is 5. The van der Waals surface area contributed by atoms with Crippen molar-refractivity contribution in [2.24, 2.45) is 11.8 Å². The third-order valence-electron chi connectivity index (χ3n) is 5.84. The number of amides is 3. The van der Waals surface area contributed by atoms with Crippen LogP contribution >= 0.6 is 0 Å². The first-order chi connectivity index (χ1) is 15.8. The molecule has 2 aliphatic heterocycles. The van der Waals surface area contributed by atoms with Gasteiger partial charge in [-0.05, 0) is 36.8 Å². The maximum atomic E-state index is 12.7. The van der Waals surface area contributed by atoms with E-state index in [1.54, 1.807) is 31.2 Å². The Balaban J connectivity index is 1.32. The van der Waals surface area contributed by atoms with Gasteiger partial charge in [-0.2, -0.15) is 0 Å². The minimum atomic E-state index is -1.13. The zero-order chi connectivity index (χ0) is 23.6. The largest absolute Gasteiger partial charge is 0.481 e. The fourth-order valence-electron chi connectivity index (χ4n) is 4.24. The summed E-state index contributed by atoms with van der Waals surface area (Å²) in [5.74, 6) is -4.56. The van der Waals surface area contributed by atoms with Crippen LogP contribution in [0.3, 0.4) is 0 Å². The number of ether oxygens (including phenoxy) is 1. The fourth-order valence-corrected chi connectivity index (χ4v) is 4.24. The number of hydrogen-bond donors (Lipinski definition) is 4. The van der Waals surface area contributed by atoms with Crippen molar-refractivity contribution in [3.05, 3.63) is 77.9 Å². The molecule has 3 amide bonds. The number of carbonyl (C=O) groups is 4. The molecule has 1 saturated heterocycles. The van der Waals surface area contributed by atoms with Crippen LogP contribution in [0.1, 0.15) is 22.8 Å². The number of fused-ring (bicyclic) bond motifs is 2. The first kappa shape index (κ1) is 22.2. The zero-order valence-corrected chi connectivity index (χ0v) is 17.8. The van der Waals surface area contributed by atoms with Gasteiger partial charge < -0.3 is 15.2 Å². The lowest BCUT2D eigenvalue weighted by Crippen LogP contribution is -2.52. The van der Waals surface area contributed by atoms with E-state index in [4.69, 9.17) is 4.74 Å². The second kappa shape index (κ2) is 8.87. The summed E-state index contributed by atoms with van der Waals surface area (Å²) in [6.45, 7) is 1.64. The van der Waals surface area contributed by atoms with E-state index >= 15 is 0 Å². The molecule has 2 bridgehead atoms. The monoisotopic (exact) mass is 449 g/mol. The van der Waals surface area contributed by atoms with Crippen LogP contribution in [0.4, 0.5) is 5.69 Å². The molecule has 0 aliphatic carbocycles. The molecule has 2 heterocycles. The number of anilines is 1. The van der Waals surface area contributed by atoms with E-state index in [2.05, 4.69) is 16.2 Å². The smallest absolute Gasteiger partial charge is 0.310 e. The first-order valence-electron chi connectivity index (χ1n) is 10.4. The van der Waals surface area contributed by atoms with Crippen molar-refractivity contribution in [1.29, 1.82) is 0 Å². The Morgan fingerprint density at radius 3 is 2.36 bits per heavy atom. The average Bonchev–Trinajstić information content (AvgIpc) is 3.32. The molecule has 0 spiro atoms. The van der Waals surface area contributed by atoms with E-state index in [-0.39, 0.29) is 17.9 Å². The van der Waals surface area contributed by atoms with E-state index in [9.17, 15) is 24.3 Å². The van der Waals surface area contributed by atoms with Gasteiger partial charge in [-0.15, -0.1) is 0 Å². The van der Waals surface area contributed by atoms with Gasteiger partial charge in [0.1, 0.15) is 5.92 Å². The molecule has 170 valence electrons. The Hall–Kier alpha value is -3.98. The summed E-state index contributed by atoms with van der Waals surface area (Å²) < 4.78 is 5.64. The molecule has 0 saturated carbocycles. The van der Waals surface area contributed by atoms with E-state index in [0.717, 1.165) is 5.56 Å². The number of nitrogens with one attached hydrogen (secondary N) is 3. The fraction of sp³-hybridized carbons (Fsp3) is 0.250. The molecule has 9 heteroatoms. The Labute approximate surface area is 189 Å². The maximum Gasteiger partial charge on any atom is 0.310 e. The lowest BCUT2D eigenvalue weighted by molar-refractivity contribution is -0.147. The molecule has 4 atom stereocenters. The lowest BCUT2D eigenvalue weighted by atomic mass is 9.76. The molecule has 4 unspecified atom stereocenters. The molecule has 33 heavy (non-hydrogen) atoms. The van der Waals surface area contributed by atoms with Crippen molar-refractivity contribution in [1.82, 2.24) is 10.9 Å². The number of aliphatic carboxylic acids is 1. The first-order valence-corrected chi connectivity index (χ1v) is 10.4. The van der Waals surface area contributed by atoms with E-state index < -0.39 is 41.3 Å². The van der Waals surface area contributed by atoms with Crippen LogP contribution in [-0.4, -0.2) is 40.5 Å². The van der Waals surface area contributed by atoms with Crippen molar-refractivity contribution >= 4 is 29.4 Å². The van der Waals surface area contributed by atoms with Gasteiger partial charge in [-0.1, -0.05) is 42.5 Å². The van der Waals surface area contributed by atoms with Gasteiger partial charge >= 0.3 is 5.97 Å². The van der Waals surface area contributed by atoms with Crippen molar-refractivity contribution < 1.29 is 29.0 Å². The molecule has 2 aromatic rings. The second-order valence-corrected chi connectivity index (χ2v) is 8.20. The van der Waals surface area contributed by atoms with E-state index in [1.807, 2.05) is 30.3 Å². The van der Waals surface area contributed by atoms with Crippen molar-refractivity contribution in [2.75, 3.05) is 5.32 Å². The van der Waals surface area contributed by atoms with Crippen molar-refractivity contribution in [3.63, 3.8) is 0 Å². The highest BCUT2D eigenvalue weighted by Gasteiger charge is 2.59. The zero-order valence-electron chi connectivity index (χ0n) is 17.8. The highest BCUT2D eigenvalue weighted by Crippen LogP contribution is 2.46. The normalized spacial score (nSPS) is 24.8. The average molecular weight is 449 g/mol.